The molecule has 0 bridgehead atoms. The maximum Gasteiger partial charge on any atom is 0.337 e. The maximum absolute atomic E-state index is 12.2. The fourth-order valence-corrected chi connectivity index (χ4v) is 2.84. The van der Waals surface area contributed by atoms with E-state index in [2.05, 4.69) is 20.2 Å². The first-order valence-corrected chi connectivity index (χ1v) is 8.84. The summed E-state index contributed by atoms with van der Waals surface area (Å²) < 4.78 is 10.3. The van der Waals surface area contributed by atoms with Crippen molar-refractivity contribution in [2.75, 3.05) is 7.11 Å². The average molecular weight is 374 g/mol. The summed E-state index contributed by atoms with van der Waals surface area (Å²) in [6.07, 6.45) is 0. The molecular weight excluding hydrogens is 356 g/mol. The fourth-order valence-electron chi connectivity index (χ4n) is 2.20. The van der Waals surface area contributed by atoms with Crippen LogP contribution in [0.1, 0.15) is 42.8 Å². The van der Waals surface area contributed by atoms with Gasteiger partial charge in [0.15, 0.2) is 0 Å². The molecular formula is C17H18N4O4S. The van der Waals surface area contributed by atoms with Gasteiger partial charge < -0.3 is 14.1 Å². The van der Waals surface area contributed by atoms with Gasteiger partial charge in [0.05, 0.1) is 29.3 Å². The molecule has 136 valence electrons. The number of aromatic amines is 1. The number of aromatic nitrogens is 4. The topological polar surface area (TPSA) is 111 Å². The molecule has 9 heteroatoms. The van der Waals surface area contributed by atoms with Crippen molar-refractivity contribution in [3.05, 3.63) is 45.8 Å². The number of rotatable bonds is 4. The standard InChI is InChI=1S/C17H18N4O4S/c1-17(2,3)15-20-21-16(25-15)26-8-12-18-11-7-9(14(23)24-4)5-6-10(11)13(22)19-12/h5-7H,8H2,1-4H3,(H,18,19,22). The van der Waals surface area contributed by atoms with Gasteiger partial charge in [-0.05, 0) is 18.2 Å². The van der Waals surface area contributed by atoms with Gasteiger partial charge in [0, 0.05) is 5.41 Å². The van der Waals surface area contributed by atoms with Crippen molar-refractivity contribution in [3.8, 4) is 0 Å². The SMILES string of the molecule is COC(=O)c1ccc2c(=O)[nH]c(CSc3nnc(C(C)(C)C)o3)nc2c1. The smallest absolute Gasteiger partial charge is 0.337 e. The number of hydrogen-bond donors (Lipinski definition) is 1. The van der Waals surface area contributed by atoms with Crippen molar-refractivity contribution in [2.45, 2.75) is 37.2 Å². The lowest BCUT2D eigenvalue weighted by Crippen LogP contribution is -2.12. The van der Waals surface area contributed by atoms with Crippen LogP contribution in [0.15, 0.2) is 32.6 Å². The molecule has 0 atom stereocenters. The van der Waals surface area contributed by atoms with Gasteiger partial charge in [0.1, 0.15) is 5.82 Å². The Bertz CT molecular complexity index is 1020. The van der Waals surface area contributed by atoms with Crippen LogP contribution in [0.4, 0.5) is 0 Å². The normalized spacial score (nSPS) is 11.7. The Morgan fingerprint density at radius 1 is 1.31 bits per heavy atom. The lowest BCUT2D eigenvalue weighted by molar-refractivity contribution is 0.0601. The van der Waals surface area contributed by atoms with Crippen LogP contribution < -0.4 is 5.56 Å². The van der Waals surface area contributed by atoms with Gasteiger partial charge in [-0.25, -0.2) is 9.78 Å². The molecule has 0 amide bonds. The Labute approximate surface area is 153 Å². The van der Waals surface area contributed by atoms with E-state index in [4.69, 9.17) is 9.15 Å². The van der Waals surface area contributed by atoms with E-state index in [9.17, 15) is 9.59 Å². The number of H-pyrrole nitrogens is 1. The number of hydrogen-bond acceptors (Lipinski definition) is 8. The third-order valence-corrected chi connectivity index (χ3v) is 4.39. The molecule has 0 saturated heterocycles. The molecule has 26 heavy (non-hydrogen) atoms. The van der Waals surface area contributed by atoms with Crippen molar-refractivity contribution in [1.82, 2.24) is 20.2 Å². The number of methoxy groups -OCH3 is 1. The molecule has 3 aromatic rings. The molecule has 0 radical (unpaired) electrons. The van der Waals surface area contributed by atoms with E-state index in [1.165, 1.54) is 31.0 Å². The minimum absolute atomic E-state index is 0.231. The summed E-state index contributed by atoms with van der Waals surface area (Å²) in [6, 6.07) is 4.62. The molecule has 0 spiro atoms. The predicted octanol–water partition coefficient (Wildman–Crippen LogP) is 2.68. The average Bonchev–Trinajstić information content (AvgIpc) is 3.08. The highest BCUT2D eigenvalue weighted by Crippen LogP contribution is 2.26. The zero-order valence-corrected chi connectivity index (χ0v) is 15.6. The zero-order valence-electron chi connectivity index (χ0n) is 14.8. The highest BCUT2D eigenvalue weighted by Gasteiger charge is 2.21. The highest BCUT2D eigenvalue weighted by atomic mass is 32.2. The van der Waals surface area contributed by atoms with Crippen molar-refractivity contribution in [1.29, 1.82) is 0 Å². The van der Waals surface area contributed by atoms with E-state index >= 15 is 0 Å². The van der Waals surface area contributed by atoms with E-state index < -0.39 is 5.97 Å². The Kier molecular flexibility index (Phi) is 4.82. The van der Waals surface area contributed by atoms with Gasteiger partial charge >= 0.3 is 5.97 Å². The summed E-state index contributed by atoms with van der Waals surface area (Å²) >= 11 is 1.28. The fraction of sp³-hybridized carbons (Fsp3) is 0.353. The molecule has 2 aromatic heterocycles. The number of fused-ring (bicyclic) bond motifs is 1. The molecule has 0 aliphatic heterocycles. The molecule has 2 heterocycles. The number of thioether (sulfide) groups is 1. The van der Waals surface area contributed by atoms with Crippen LogP contribution in [0.2, 0.25) is 0 Å². The van der Waals surface area contributed by atoms with Crippen LogP contribution in [-0.2, 0) is 15.9 Å². The summed E-state index contributed by atoms with van der Waals surface area (Å²) in [5.41, 5.74) is 0.255. The van der Waals surface area contributed by atoms with E-state index in [-0.39, 0.29) is 11.0 Å². The van der Waals surface area contributed by atoms with E-state index in [0.717, 1.165) is 0 Å². The van der Waals surface area contributed by atoms with Crippen LogP contribution in [0.5, 0.6) is 0 Å². The van der Waals surface area contributed by atoms with Crippen LogP contribution in [-0.4, -0.2) is 33.2 Å². The summed E-state index contributed by atoms with van der Waals surface area (Å²) in [7, 11) is 1.30. The van der Waals surface area contributed by atoms with Crippen molar-refractivity contribution < 1.29 is 13.9 Å². The van der Waals surface area contributed by atoms with Gasteiger partial charge in [-0.15, -0.1) is 10.2 Å². The quantitative estimate of drug-likeness (QED) is 0.548. The number of ether oxygens (including phenoxy) is 1. The monoisotopic (exact) mass is 374 g/mol. The van der Waals surface area contributed by atoms with Gasteiger partial charge in [-0.3, -0.25) is 4.79 Å². The Morgan fingerprint density at radius 3 is 2.73 bits per heavy atom. The molecule has 0 unspecified atom stereocenters. The molecule has 0 saturated carbocycles. The van der Waals surface area contributed by atoms with E-state index in [0.29, 0.717) is 39.2 Å². The predicted molar refractivity (Wildman–Crippen MR) is 96.3 cm³/mol. The number of nitrogens with one attached hydrogen (secondary N) is 1. The molecule has 3 rings (SSSR count). The summed E-state index contributed by atoms with van der Waals surface area (Å²) in [5, 5.41) is 8.83. The number of esters is 1. The first-order valence-electron chi connectivity index (χ1n) is 7.86. The Morgan fingerprint density at radius 2 is 2.08 bits per heavy atom. The van der Waals surface area contributed by atoms with Gasteiger partial charge in [-0.1, -0.05) is 32.5 Å². The lowest BCUT2D eigenvalue weighted by Gasteiger charge is -2.10. The Hall–Kier alpha value is -2.68. The molecule has 1 aromatic carbocycles. The zero-order chi connectivity index (χ0) is 18.9. The maximum atomic E-state index is 12.2. The van der Waals surface area contributed by atoms with Crippen LogP contribution in [0, 0.1) is 0 Å². The van der Waals surface area contributed by atoms with Gasteiger partial charge in [-0.2, -0.15) is 0 Å². The minimum Gasteiger partial charge on any atom is -0.465 e. The first kappa shape index (κ1) is 18.1. The third kappa shape index (κ3) is 3.77. The van der Waals surface area contributed by atoms with Crippen LogP contribution >= 0.6 is 11.8 Å². The van der Waals surface area contributed by atoms with Crippen LogP contribution in [0.3, 0.4) is 0 Å². The van der Waals surface area contributed by atoms with Gasteiger partial charge in [0.25, 0.3) is 10.8 Å². The number of carbonyl (C=O) groups excluding carboxylic acids is 1. The first-order chi connectivity index (χ1) is 12.3. The van der Waals surface area contributed by atoms with E-state index in [1.807, 2.05) is 20.8 Å². The van der Waals surface area contributed by atoms with Gasteiger partial charge in [0.2, 0.25) is 5.89 Å². The molecule has 0 fully saturated rings. The molecule has 0 aliphatic rings. The molecule has 0 aliphatic carbocycles. The molecule has 8 nitrogen and oxygen atoms in total. The second-order valence-corrected chi connectivity index (χ2v) is 7.57. The molecule has 1 N–H and O–H groups in total. The van der Waals surface area contributed by atoms with Crippen molar-refractivity contribution in [2.24, 2.45) is 0 Å². The summed E-state index contributed by atoms with van der Waals surface area (Å²) in [6.45, 7) is 5.95. The second kappa shape index (κ2) is 6.91. The number of nitrogens with zero attached hydrogens (tertiary/aromatic N) is 3. The minimum atomic E-state index is -0.481. The second-order valence-electron chi connectivity index (χ2n) is 6.65. The van der Waals surface area contributed by atoms with Crippen molar-refractivity contribution >= 4 is 28.6 Å². The Balaban J connectivity index is 1.85. The largest absolute Gasteiger partial charge is 0.465 e. The summed E-state index contributed by atoms with van der Waals surface area (Å²) in [5.74, 6) is 0.859. The van der Waals surface area contributed by atoms with Crippen molar-refractivity contribution in [3.63, 3.8) is 0 Å². The lowest BCUT2D eigenvalue weighted by atomic mass is 9.97. The highest BCUT2D eigenvalue weighted by molar-refractivity contribution is 7.98. The number of benzene rings is 1. The van der Waals surface area contributed by atoms with Crippen LogP contribution in [0.25, 0.3) is 10.9 Å². The summed E-state index contributed by atoms with van der Waals surface area (Å²) in [4.78, 5) is 31.0. The van der Waals surface area contributed by atoms with E-state index in [1.54, 1.807) is 6.07 Å². The number of carbonyl (C=O) groups is 1. The third-order valence-electron chi connectivity index (χ3n) is 3.56.